The fourth-order valence-electron chi connectivity index (χ4n) is 9.39. The average molecular weight is 690 g/mol. The fourth-order valence-corrected chi connectivity index (χ4v) is 9.39. The van der Waals surface area contributed by atoms with Crippen LogP contribution in [0.3, 0.4) is 0 Å². The van der Waals surface area contributed by atoms with Crippen LogP contribution in [0.25, 0.3) is 71.2 Å². The molecule has 6 aromatic carbocycles. The molecule has 5 heterocycles. The molecule has 1 aliphatic heterocycles. The summed E-state index contributed by atoms with van der Waals surface area (Å²) in [7, 11) is 0. The first-order valence-corrected chi connectivity index (χ1v) is 18.0. The Morgan fingerprint density at radius 3 is 1.93 bits per heavy atom. The van der Waals surface area contributed by atoms with E-state index in [4.69, 9.17) is 21.3 Å². The Morgan fingerprint density at radius 1 is 0.519 bits per heavy atom. The molecule has 6 nitrogen and oxygen atoms in total. The molecule has 12 rings (SSSR count). The molecule has 2 aliphatic rings. The lowest BCUT2D eigenvalue weighted by atomic mass is 9.66. The van der Waals surface area contributed by atoms with Crippen LogP contribution in [0.4, 0.5) is 5.69 Å². The van der Waals surface area contributed by atoms with E-state index >= 15 is 0 Å². The summed E-state index contributed by atoms with van der Waals surface area (Å²) in [5.74, 6) is 1.57. The zero-order chi connectivity index (χ0) is 35.5. The number of para-hydroxylation sites is 5. The maximum absolute atomic E-state index is 7.73. The van der Waals surface area contributed by atoms with Gasteiger partial charge < -0.3 is 13.9 Å². The smallest absolute Gasteiger partial charge is 0.188 e. The summed E-state index contributed by atoms with van der Waals surface area (Å²) < 4.78 is 11.7. The third-order valence-corrected chi connectivity index (χ3v) is 11.5. The van der Waals surface area contributed by atoms with Crippen molar-refractivity contribution in [2.24, 2.45) is 0 Å². The maximum atomic E-state index is 7.73. The lowest BCUT2D eigenvalue weighted by Gasteiger charge is -2.39. The SMILES string of the molecule is [C-]#[N+]c1ccc2c(c1)c1ccccc1n2-c1cccc2c1Oc1ccccc1C21c2cccnc2-c2ncc(-n3c4ccccc4c4ccccc43)cc21. The highest BCUT2D eigenvalue weighted by atomic mass is 16.5. The molecular weight excluding hydrogens is 663 g/mol. The van der Waals surface area contributed by atoms with E-state index in [9.17, 15) is 0 Å². The van der Waals surface area contributed by atoms with E-state index in [0.717, 1.165) is 89.4 Å². The summed E-state index contributed by atoms with van der Waals surface area (Å²) >= 11 is 0. The number of rotatable bonds is 2. The first-order chi connectivity index (χ1) is 26.8. The van der Waals surface area contributed by atoms with Crippen LogP contribution in [0.15, 0.2) is 164 Å². The van der Waals surface area contributed by atoms with Crippen LogP contribution in [-0.2, 0) is 5.41 Å². The van der Waals surface area contributed by atoms with Gasteiger partial charge in [0.25, 0.3) is 0 Å². The molecular formula is C48H27N5O. The van der Waals surface area contributed by atoms with Gasteiger partial charge >= 0.3 is 0 Å². The Balaban J connectivity index is 1.20. The van der Waals surface area contributed by atoms with Gasteiger partial charge in [-0.05, 0) is 65.5 Å². The number of pyridine rings is 2. The van der Waals surface area contributed by atoms with Gasteiger partial charge in [0.15, 0.2) is 11.4 Å². The van der Waals surface area contributed by atoms with Crippen LogP contribution in [0.2, 0.25) is 0 Å². The third kappa shape index (κ3) is 3.58. The summed E-state index contributed by atoms with van der Waals surface area (Å²) in [6, 6.07) is 53.0. The lowest BCUT2D eigenvalue weighted by molar-refractivity contribution is 0.434. The molecule has 1 spiro atoms. The van der Waals surface area contributed by atoms with E-state index in [0.29, 0.717) is 5.69 Å². The molecule has 0 radical (unpaired) electrons. The Morgan fingerprint density at radius 2 is 1.15 bits per heavy atom. The van der Waals surface area contributed by atoms with Crippen molar-refractivity contribution in [1.29, 1.82) is 0 Å². The number of fused-ring (bicyclic) bond motifs is 15. The molecule has 1 atom stereocenters. The number of ether oxygens (including phenoxy) is 1. The van der Waals surface area contributed by atoms with E-state index < -0.39 is 5.41 Å². The van der Waals surface area contributed by atoms with Crippen LogP contribution >= 0.6 is 0 Å². The van der Waals surface area contributed by atoms with Gasteiger partial charge in [0, 0.05) is 39.0 Å². The molecule has 54 heavy (non-hydrogen) atoms. The molecule has 0 saturated carbocycles. The summed E-state index contributed by atoms with van der Waals surface area (Å²) in [6.07, 6.45) is 3.86. The van der Waals surface area contributed by atoms with Crippen LogP contribution in [0, 0.1) is 6.57 Å². The van der Waals surface area contributed by atoms with Crippen molar-refractivity contribution < 1.29 is 4.74 Å². The standard InChI is InChI=1S/C48H27N5O/c1-49-29-23-24-42-34(26-29)33-14-4-8-20-41(33)53(42)43-21-10-16-37-47(43)54-44-22-9-5-15-35(44)48(37)36-17-11-25-50-45(36)46-38(48)27-30(28-51-46)52-39-18-6-2-12-31(39)32-13-3-7-19-40(32)52/h2-28H. The lowest BCUT2D eigenvalue weighted by Crippen LogP contribution is -2.32. The van der Waals surface area contributed by atoms with Crippen molar-refractivity contribution in [3.8, 4) is 34.3 Å². The Hall–Kier alpha value is -7.49. The monoisotopic (exact) mass is 689 g/mol. The minimum Gasteiger partial charge on any atom is -0.454 e. The van der Waals surface area contributed by atoms with Gasteiger partial charge in [0.05, 0.1) is 63.0 Å². The average Bonchev–Trinajstić information content (AvgIpc) is 3.85. The Labute approximate surface area is 309 Å². The highest BCUT2D eigenvalue weighted by Crippen LogP contribution is 2.62. The zero-order valence-electron chi connectivity index (χ0n) is 28.7. The van der Waals surface area contributed by atoms with E-state index in [1.807, 2.05) is 36.7 Å². The second kappa shape index (κ2) is 10.5. The van der Waals surface area contributed by atoms with Crippen molar-refractivity contribution in [3.05, 3.63) is 198 Å². The van der Waals surface area contributed by atoms with Crippen molar-refractivity contribution in [1.82, 2.24) is 19.1 Å². The molecule has 0 amide bonds. The van der Waals surface area contributed by atoms with E-state index in [2.05, 4.69) is 141 Å². The minimum atomic E-state index is -0.781. The number of aromatic nitrogens is 4. The highest BCUT2D eigenvalue weighted by Gasteiger charge is 2.53. The molecule has 0 N–H and O–H groups in total. The number of hydrogen-bond acceptors (Lipinski definition) is 3. The molecule has 250 valence electrons. The first kappa shape index (κ1) is 29.1. The molecule has 6 heteroatoms. The van der Waals surface area contributed by atoms with Crippen LogP contribution in [0.5, 0.6) is 11.5 Å². The van der Waals surface area contributed by atoms with E-state index in [1.165, 1.54) is 10.8 Å². The van der Waals surface area contributed by atoms with Crippen molar-refractivity contribution in [2.45, 2.75) is 5.41 Å². The topological polar surface area (TPSA) is 49.2 Å². The highest BCUT2D eigenvalue weighted by molar-refractivity contribution is 6.11. The minimum absolute atomic E-state index is 0.614. The van der Waals surface area contributed by atoms with Crippen LogP contribution in [0.1, 0.15) is 22.3 Å². The van der Waals surface area contributed by atoms with Crippen molar-refractivity contribution in [3.63, 3.8) is 0 Å². The predicted molar refractivity (Wildman–Crippen MR) is 214 cm³/mol. The molecule has 0 saturated heterocycles. The van der Waals surface area contributed by atoms with Crippen LogP contribution in [-0.4, -0.2) is 19.1 Å². The van der Waals surface area contributed by atoms with Gasteiger partial charge in [-0.2, -0.15) is 0 Å². The van der Waals surface area contributed by atoms with Gasteiger partial charge in [-0.3, -0.25) is 9.97 Å². The summed E-state index contributed by atoms with van der Waals surface area (Å²) in [5.41, 5.74) is 12.0. The molecule has 4 aromatic heterocycles. The summed E-state index contributed by atoms with van der Waals surface area (Å²) in [5, 5.41) is 4.52. The quantitative estimate of drug-likeness (QED) is 0.170. The van der Waals surface area contributed by atoms with Crippen molar-refractivity contribution >= 4 is 49.3 Å². The molecule has 0 bridgehead atoms. The molecule has 0 fully saturated rings. The van der Waals surface area contributed by atoms with Gasteiger partial charge in [0.1, 0.15) is 5.75 Å². The maximum Gasteiger partial charge on any atom is 0.188 e. The number of hydrogen-bond donors (Lipinski definition) is 0. The van der Waals surface area contributed by atoms with Gasteiger partial charge in [0.2, 0.25) is 0 Å². The van der Waals surface area contributed by atoms with E-state index in [-0.39, 0.29) is 0 Å². The molecule has 1 aliphatic carbocycles. The van der Waals surface area contributed by atoms with Gasteiger partial charge in [-0.15, -0.1) is 0 Å². The first-order valence-electron chi connectivity index (χ1n) is 18.0. The van der Waals surface area contributed by atoms with E-state index in [1.54, 1.807) is 0 Å². The molecule has 10 aromatic rings. The Bertz CT molecular complexity index is 3240. The van der Waals surface area contributed by atoms with Gasteiger partial charge in [-0.1, -0.05) is 97.1 Å². The Kier molecular flexibility index (Phi) is 5.68. The second-order valence-corrected chi connectivity index (χ2v) is 14.0. The van der Waals surface area contributed by atoms with Gasteiger partial charge in [-0.25, -0.2) is 4.85 Å². The number of nitrogens with zero attached hydrogens (tertiary/aromatic N) is 5. The molecule has 1 unspecified atom stereocenters. The number of benzene rings is 6. The van der Waals surface area contributed by atoms with Crippen molar-refractivity contribution in [2.75, 3.05) is 0 Å². The summed E-state index contributed by atoms with van der Waals surface area (Å²) in [4.78, 5) is 14.1. The summed E-state index contributed by atoms with van der Waals surface area (Å²) in [6.45, 7) is 7.73. The zero-order valence-corrected chi connectivity index (χ0v) is 28.7. The van der Waals surface area contributed by atoms with Crippen LogP contribution < -0.4 is 4.74 Å². The largest absolute Gasteiger partial charge is 0.454 e. The third-order valence-electron chi connectivity index (χ3n) is 11.5. The fraction of sp³-hybridized carbons (Fsp3) is 0.0208. The second-order valence-electron chi connectivity index (χ2n) is 14.0. The predicted octanol–water partition coefficient (Wildman–Crippen LogP) is 11.7. The normalized spacial score (nSPS) is 15.2.